The molecule has 0 radical (unpaired) electrons. The third-order valence-corrected chi connectivity index (χ3v) is 3.25. The van der Waals surface area contributed by atoms with Gasteiger partial charge in [-0.3, -0.25) is 4.90 Å². The molecule has 116 valence electrons. The van der Waals surface area contributed by atoms with E-state index in [2.05, 4.69) is 15.5 Å². The lowest BCUT2D eigenvalue weighted by atomic mass is 10.3. The molecule has 0 unspecified atom stereocenters. The van der Waals surface area contributed by atoms with Crippen LogP contribution in [0.3, 0.4) is 0 Å². The van der Waals surface area contributed by atoms with Crippen LogP contribution in [0.25, 0.3) is 0 Å². The normalized spacial score (nSPS) is 15.5. The summed E-state index contributed by atoms with van der Waals surface area (Å²) in [5.41, 5.74) is 0.684. The van der Waals surface area contributed by atoms with Crippen LogP contribution in [0, 0.1) is 0 Å². The first-order valence-electron chi connectivity index (χ1n) is 7.36. The number of amides is 2. The van der Waals surface area contributed by atoms with E-state index in [4.69, 9.17) is 9.47 Å². The molecule has 1 aliphatic rings. The summed E-state index contributed by atoms with van der Waals surface area (Å²) < 4.78 is 10.8. The number of hydrogen-bond acceptors (Lipinski definition) is 4. The van der Waals surface area contributed by atoms with Crippen molar-refractivity contribution in [2.75, 3.05) is 51.3 Å². The van der Waals surface area contributed by atoms with Crippen LogP contribution in [0.1, 0.15) is 6.92 Å². The number of anilines is 1. The van der Waals surface area contributed by atoms with E-state index in [1.807, 2.05) is 31.2 Å². The summed E-state index contributed by atoms with van der Waals surface area (Å²) in [6, 6.07) is 7.20. The Hall–Kier alpha value is -1.79. The highest BCUT2D eigenvalue weighted by Gasteiger charge is 2.11. The van der Waals surface area contributed by atoms with Gasteiger partial charge in [-0.05, 0) is 19.1 Å². The minimum Gasteiger partial charge on any atom is -0.492 e. The first kappa shape index (κ1) is 15.6. The third kappa shape index (κ3) is 5.24. The van der Waals surface area contributed by atoms with Crippen LogP contribution in [0.5, 0.6) is 5.75 Å². The van der Waals surface area contributed by atoms with Gasteiger partial charge in [0.1, 0.15) is 5.75 Å². The van der Waals surface area contributed by atoms with E-state index in [1.165, 1.54) is 0 Å². The van der Waals surface area contributed by atoms with E-state index in [0.29, 0.717) is 24.6 Å². The lowest BCUT2D eigenvalue weighted by molar-refractivity contribution is 0.0388. The predicted molar refractivity (Wildman–Crippen MR) is 81.9 cm³/mol. The first-order valence-corrected chi connectivity index (χ1v) is 7.36. The Bertz CT molecular complexity index is 448. The molecule has 21 heavy (non-hydrogen) atoms. The average Bonchev–Trinajstić information content (AvgIpc) is 2.50. The van der Waals surface area contributed by atoms with Gasteiger partial charge in [0.25, 0.3) is 0 Å². The SMILES string of the molecule is CCOc1ccccc1NC(=O)NCCN1CCOCC1. The van der Waals surface area contributed by atoms with Gasteiger partial charge in [0, 0.05) is 26.2 Å². The van der Waals surface area contributed by atoms with Gasteiger partial charge in [-0.25, -0.2) is 4.79 Å². The standard InChI is InChI=1S/C15H23N3O3/c1-2-21-14-6-4-3-5-13(14)17-15(19)16-7-8-18-9-11-20-12-10-18/h3-6H,2,7-12H2,1H3,(H2,16,17,19). The Balaban J connectivity index is 1.73. The number of carbonyl (C=O) groups excluding carboxylic acids is 1. The summed E-state index contributed by atoms with van der Waals surface area (Å²) in [5, 5.41) is 5.67. The molecule has 0 saturated carbocycles. The highest BCUT2D eigenvalue weighted by atomic mass is 16.5. The van der Waals surface area contributed by atoms with Crippen molar-refractivity contribution in [3.05, 3.63) is 24.3 Å². The van der Waals surface area contributed by atoms with Crippen LogP contribution >= 0.6 is 0 Å². The zero-order valence-electron chi connectivity index (χ0n) is 12.4. The molecule has 1 aliphatic heterocycles. The zero-order valence-corrected chi connectivity index (χ0v) is 12.4. The van der Waals surface area contributed by atoms with Gasteiger partial charge in [-0.2, -0.15) is 0 Å². The first-order chi connectivity index (χ1) is 10.3. The molecular weight excluding hydrogens is 270 g/mol. The summed E-state index contributed by atoms with van der Waals surface area (Å²) in [4.78, 5) is 14.2. The maximum absolute atomic E-state index is 11.9. The number of benzene rings is 1. The van der Waals surface area contributed by atoms with Crippen molar-refractivity contribution in [1.82, 2.24) is 10.2 Å². The Kier molecular flexibility index (Phi) is 6.30. The zero-order chi connectivity index (χ0) is 14.9. The molecule has 2 rings (SSSR count). The van der Waals surface area contributed by atoms with Gasteiger partial charge in [0.15, 0.2) is 0 Å². The van der Waals surface area contributed by atoms with E-state index in [9.17, 15) is 4.79 Å². The minimum atomic E-state index is -0.213. The predicted octanol–water partition coefficient (Wildman–Crippen LogP) is 1.54. The number of hydrogen-bond donors (Lipinski definition) is 2. The van der Waals surface area contributed by atoms with Crippen molar-refractivity contribution in [3.8, 4) is 5.75 Å². The molecule has 6 heteroatoms. The topological polar surface area (TPSA) is 62.8 Å². The summed E-state index contributed by atoms with van der Waals surface area (Å²) in [6.07, 6.45) is 0. The van der Waals surface area contributed by atoms with Gasteiger partial charge >= 0.3 is 6.03 Å². The van der Waals surface area contributed by atoms with Gasteiger partial charge < -0.3 is 20.1 Å². The molecule has 1 saturated heterocycles. The summed E-state index contributed by atoms with van der Waals surface area (Å²) in [5.74, 6) is 0.684. The summed E-state index contributed by atoms with van der Waals surface area (Å²) >= 11 is 0. The molecule has 0 aliphatic carbocycles. The molecular formula is C15H23N3O3. The van der Waals surface area contributed by atoms with E-state index < -0.39 is 0 Å². The number of rotatable bonds is 6. The molecule has 0 atom stereocenters. The second-order valence-corrected chi connectivity index (χ2v) is 4.76. The maximum Gasteiger partial charge on any atom is 0.319 e. The second-order valence-electron chi connectivity index (χ2n) is 4.76. The lowest BCUT2D eigenvalue weighted by Crippen LogP contribution is -2.42. The maximum atomic E-state index is 11.9. The summed E-state index contributed by atoms with van der Waals surface area (Å²) in [6.45, 7) is 7.33. The lowest BCUT2D eigenvalue weighted by Gasteiger charge is -2.26. The van der Waals surface area contributed by atoms with Crippen LogP contribution in [0.2, 0.25) is 0 Å². The van der Waals surface area contributed by atoms with Gasteiger partial charge in [-0.1, -0.05) is 12.1 Å². The fourth-order valence-corrected chi connectivity index (χ4v) is 2.17. The molecule has 1 fully saturated rings. The van der Waals surface area contributed by atoms with Crippen LogP contribution in [0.4, 0.5) is 10.5 Å². The van der Waals surface area contributed by atoms with Crippen molar-refractivity contribution < 1.29 is 14.3 Å². The molecule has 0 aromatic heterocycles. The molecule has 2 amide bonds. The molecule has 1 aromatic carbocycles. The van der Waals surface area contributed by atoms with Gasteiger partial charge in [-0.15, -0.1) is 0 Å². The third-order valence-electron chi connectivity index (χ3n) is 3.25. The van der Waals surface area contributed by atoms with Crippen LogP contribution < -0.4 is 15.4 Å². The van der Waals surface area contributed by atoms with Crippen LogP contribution in [0.15, 0.2) is 24.3 Å². The van der Waals surface area contributed by atoms with E-state index in [-0.39, 0.29) is 6.03 Å². The Labute approximate surface area is 125 Å². The number of nitrogens with zero attached hydrogens (tertiary/aromatic N) is 1. The van der Waals surface area contributed by atoms with Crippen molar-refractivity contribution in [3.63, 3.8) is 0 Å². The number of nitrogens with one attached hydrogen (secondary N) is 2. The van der Waals surface area contributed by atoms with Crippen LogP contribution in [-0.2, 0) is 4.74 Å². The Morgan fingerprint density at radius 3 is 2.86 bits per heavy atom. The van der Waals surface area contributed by atoms with Gasteiger partial charge in [0.2, 0.25) is 0 Å². The molecule has 6 nitrogen and oxygen atoms in total. The fourth-order valence-electron chi connectivity index (χ4n) is 2.17. The van der Waals surface area contributed by atoms with E-state index in [0.717, 1.165) is 32.8 Å². The Morgan fingerprint density at radius 2 is 2.10 bits per heavy atom. The average molecular weight is 293 g/mol. The van der Waals surface area contributed by atoms with E-state index >= 15 is 0 Å². The molecule has 1 aromatic rings. The van der Waals surface area contributed by atoms with Crippen molar-refractivity contribution in [2.45, 2.75) is 6.92 Å². The number of carbonyl (C=O) groups is 1. The van der Waals surface area contributed by atoms with Crippen molar-refractivity contribution in [1.29, 1.82) is 0 Å². The number of para-hydroxylation sites is 2. The number of urea groups is 1. The smallest absolute Gasteiger partial charge is 0.319 e. The highest BCUT2D eigenvalue weighted by Crippen LogP contribution is 2.23. The molecule has 0 bridgehead atoms. The molecule has 2 N–H and O–H groups in total. The molecule has 0 spiro atoms. The second kappa shape index (κ2) is 8.49. The number of ether oxygens (including phenoxy) is 2. The largest absolute Gasteiger partial charge is 0.492 e. The monoisotopic (exact) mass is 293 g/mol. The fraction of sp³-hybridized carbons (Fsp3) is 0.533. The van der Waals surface area contributed by atoms with Gasteiger partial charge in [0.05, 0.1) is 25.5 Å². The summed E-state index contributed by atoms with van der Waals surface area (Å²) in [7, 11) is 0. The molecule has 1 heterocycles. The highest BCUT2D eigenvalue weighted by molar-refractivity contribution is 5.90. The minimum absolute atomic E-state index is 0.213. The number of morpholine rings is 1. The Morgan fingerprint density at radius 1 is 1.33 bits per heavy atom. The van der Waals surface area contributed by atoms with Crippen LogP contribution in [-0.4, -0.2) is 56.9 Å². The van der Waals surface area contributed by atoms with E-state index in [1.54, 1.807) is 0 Å². The van der Waals surface area contributed by atoms with Crippen molar-refractivity contribution in [2.24, 2.45) is 0 Å². The quantitative estimate of drug-likeness (QED) is 0.835. The van der Waals surface area contributed by atoms with Crippen molar-refractivity contribution >= 4 is 11.7 Å².